The zero-order valence-electron chi connectivity index (χ0n) is 16.9. The third-order valence-electron chi connectivity index (χ3n) is 5.18. The number of rotatable bonds is 7. The predicted molar refractivity (Wildman–Crippen MR) is 121 cm³/mol. The molecule has 0 spiro atoms. The van der Waals surface area contributed by atoms with E-state index in [9.17, 15) is 13.2 Å². The van der Waals surface area contributed by atoms with Crippen molar-refractivity contribution < 1.29 is 13.2 Å². The third kappa shape index (κ3) is 5.66. The Morgan fingerprint density at radius 2 is 1.93 bits per heavy atom. The van der Waals surface area contributed by atoms with Crippen molar-refractivity contribution in [2.45, 2.75) is 31.2 Å². The summed E-state index contributed by atoms with van der Waals surface area (Å²) >= 11 is 11.8. The van der Waals surface area contributed by atoms with Crippen LogP contribution >= 0.6 is 23.2 Å². The summed E-state index contributed by atoms with van der Waals surface area (Å²) in [7, 11) is -3.87. The molecule has 0 radical (unpaired) electrons. The van der Waals surface area contributed by atoms with Crippen LogP contribution < -0.4 is 10.0 Å². The Hall–Kier alpha value is -1.80. The number of hydrogen-bond donors (Lipinski definition) is 2. The number of likely N-dealkylation sites (tertiary alicyclic amines) is 1. The first-order valence-corrected chi connectivity index (χ1v) is 12.0. The van der Waals surface area contributed by atoms with Crippen LogP contribution in [-0.2, 0) is 10.0 Å². The minimum absolute atomic E-state index is 0.0114. The van der Waals surface area contributed by atoms with Gasteiger partial charge in [-0.15, -0.1) is 0 Å². The van der Waals surface area contributed by atoms with Crippen molar-refractivity contribution in [2.75, 3.05) is 24.4 Å². The standard InChI is InChI=1S/C21H25Cl2N3O3S/c1-14(2)26-9-8-15(13-26)12-24-21(27)16-4-3-5-17(10-16)25-30(28,29)18-6-7-19(22)20(23)11-18/h3-7,10-11,14-15,25H,8-9,12-13H2,1-2H3,(H,24,27). The van der Waals surface area contributed by atoms with E-state index in [1.807, 2.05) is 0 Å². The summed E-state index contributed by atoms with van der Waals surface area (Å²) in [6, 6.07) is 11.0. The van der Waals surface area contributed by atoms with Crippen LogP contribution in [0, 0.1) is 5.92 Å². The second-order valence-corrected chi connectivity index (χ2v) is 10.2. The van der Waals surface area contributed by atoms with Gasteiger partial charge in [-0.2, -0.15) is 0 Å². The fraction of sp³-hybridized carbons (Fsp3) is 0.381. The predicted octanol–water partition coefficient (Wildman–Crippen LogP) is 4.25. The van der Waals surface area contributed by atoms with Gasteiger partial charge in [0.1, 0.15) is 0 Å². The molecule has 1 amide bonds. The van der Waals surface area contributed by atoms with E-state index < -0.39 is 10.0 Å². The van der Waals surface area contributed by atoms with E-state index >= 15 is 0 Å². The number of anilines is 1. The topological polar surface area (TPSA) is 78.5 Å². The van der Waals surface area contributed by atoms with Crippen molar-refractivity contribution >= 4 is 44.8 Å². The number of carbonyl (C=O) groups is 1. The molecule has 1 fully saturated rings. The molecule has 1 saturated heterocycles. The molecule has 0 aromatic heterocycles. The van der Waals surface area contributed by atoms with Gasteiger partial charge in [-0.25, -0.2) is 8.42 Å². The molecule has 3 rings (SSSR count). The average molecular weight is 470 g/mol. The zero-order chi connectivity index (χ0) is 21.9. The maximum Gasteiger partial charge on any atom is 0.261 e. The molecule has 0 saturated carbocycles. The van der Waals surface area contributed by atoms with Gasteiger partial charge in [0, 0.05) is 30.4 Å². The summed E-state index contributed by atoms with van der Waals surface area (Å²) in [5.74, 6) is 0.196. The molecule has 1 heterocycles. The molecule has 1 atom stereocenters. The van der Waals surface area contributed by atoms with Gasteiger partial charge >= 0.3 is 0 Å². The first-order chi connectivity index (χ1) is 14.2. The van der Waals surface area contributed by atoms with Crippen molar-refractivity contribution in [3.05, 3.63) is 58.1 Å². The summed E-state index contributed by atoms with van der Waals surface area (Å²) in [6.07, 6.45) is 1.06. The molecule has 6 nitrogen and oxygen atoms in total. The Balaban J connectivity index is 1.64. The largest absolute Gasteiger partial charge is 0.352 e. The number of amides is 1. The van der Waals surface area contributed by atoms with E-state index in [4.69, 9.17) is 23.2 Å². The highest BCUT2D eigenvalue weighted by molar-refractivity contribution is 7.92. The van der Waals surface area contributed by atoms with Crippen LogP contribution in [-0.4, -0.2) is 44.9 Å². The van der Waals surface area contributed by atoms with Crippen LogP contribution in [0.15, 0.2) is 47.4 Å². The van der Waals surface area contributed by atoms with E-state index in [1.165, 1.54) is 24.3 Å². The first kappa shape index (κ1) is 22.9. The summed E-state index contributed by atoms with van der Waals surface area (Å²) in [5, 5.41) is 3.38. The Morgan fingerprint density at radius 3 is 2.60 bits per heavy atom. The summed E-state index contributed by atoms with van der Waals surface area (Å²) < 4.78 is 27.7. The Bertz CT molecular complexity index is 1030. The second kappa shape index (κ2) is 9.56. The molecule has 162 valence electrons. The molecule has 2 aromatic rings. The number of nitrogens with one attached hydrogen (secondary N) is 2. The van der Waals surface area contributed by atoms with Crippen LogP contribution in [0.3, 0.4) is 0 Å². The highest BCUT2D eigenvalue weighted by atomic mass is 35.5. The summed E-state index contributed by atoms with van der Waals surface area (Å²) in [5.41, 5.74) is 0.684. The minimum Gasteiger partial charge on any atom is -0.352 e. The summed E-state index contributed by atoms with van der Waals surface area (Å²) in [4.78, 5) is 14.9. The van der Waals surface area contributed by atoms with E-state index in [-0.39, 0.29) is 20.8 Å². The van der Waals surface area contributed by atoms with E-state index in [0.29, 0.717) is 29.8 Å². The molecule has 1 unspecified atom stereocenters. The Morgan fingerprint density at radius 1 is 1.17 bits per heavy atom. The third-order valence-corrected chi connectivity index (χ3v) is 7.30. The molecular formula is C21H25Cl2N3O3S. The Kier molecular flexibility index (Phi) is 7.29. The van der Waals surface area contributed by atoms with Gasteiger partial charge in [0.05, 0.1) is 14.9 Å². The number of sulfonamides is 1. The van der Waals surface area contributed by atoms with Gasteiger partial charge in [-0.1, -0.05) is 29.3 Å². The van der Waals surface area contributed by atoms with Gasteiger partial charge in [0.25, 0.3) is 15.9 Å². The number of benzene rings is 2. The number of carbonyl (C=O) groups excluding carboxylic acids is 1. The van der Waals surface area contributed by atoms with Crippen molar-refractivity contribution in [1.82, 2.24) is 10.2 Å². The lowest BCUT2D eigenvalue weighted by molar-refractivity contribution is 0.0947. The average Bonchev–Trinajstić information content (AvgIpc) is 3.17. The molecule has 30 heavy (non-hydrogen) atoms. The quantitative estimate of drug-likeness (QED) is 0.634. The first-order valence-electron chi connectivity index (χ1n) is 9.76. The molecule has 0 bridgehead atoms. The van der Waals surface area contributed by atoms with Crippen LogP contribution in [0.1, 0.15) is 30.6 Å². The molecule has 2 aromatic carbocycles. The van der Waals surface area contributed by atoms with Gasteiger partial charge in [0.2, 0.25) is 0 Å². The van der Waals surface area contributed by atoms with Crippen LogP contribution in [0.2, 0.25) is 10.0 Å². The smallest absolute Gasteiger partial charge is 0.261 e. The monoisotopic (exact) mass is 469 g/mol. The zero-order valence-corrected chi connectivity index (χ0v) is 19.2. The molecule has 1 aliphatic heterocycles. The maximum atomic E-state index is 12.6. The van der Waals surface area contributed by atoms with Crippen LogP contribution in [0.25, 0.3) is 0 Å². The fourth-order valence-electron chi connectivity index (χ4n) is 3.42. The van der Waals surface area contributed by atoms with Gasteiger partial charge in [0.15, 0.2) is 0 Å². The maximum absolute atomic E-state index is 12.6. The molecule has 1 aliphatic rings. The van der Waals surface area contributed by atoms with Crippen molar-refractivity contribution in [3.63, 3.8) is 0 Å². The number of nitrogens with zero attached hydrogens (tertiary/aromatic N) is 1. The summed E-state index contributed by atoms with van der Waals surface area (Å²) in [6.45, 7) is 6.96. The highest BCUT2D eigenvalue weighted by Gasteiger charge is 2.24. The second-order valence-electron chi connectivity index (χ2n) is 7.72. The van der Waals surface area contributed by atoms with Crippen LogP contribution in [0.4, 0.5) is 5.69 Å². The van der Waals surface area contributed by atoms with Crippen LogP contribution in [0.5, 0.6) is 0 Å². The lowest BCUT2D eigenvalue weighted by atomic mass is 10.1. The van der Waals surface area contributed by atoms with Crippen molar-refractivity contribution in [1.29, 1.82) is 0 Å². The molecule has 9 heteroatoms. The minimum atomic E-state index is -3.87. The lowest BCUT2D eigenvalue weighted by Crippen LogP contribution is -2.33. The van der Waals surface area contributed by atoms with Gasteiger partial charge < -0.3 is 10.2 Å². The van der Waals surface area contributed by atoms with E-state index in [0.717, 1.165) is 19.5 Å². The van der Waals surface area contributed by atoms with E-state index in [2.05, 4.69) is 28.8 Å². The SMILES string of the molecule is CC(C)N1CCC(CNC(=O)c2cccc(NS(=O)(=O)c3ccc(Cl)c(Cl)c3)c2)C1. The lowest BCUT2D eigenvalue weighted by Gasteiger charge is -2.20. The fourth-order valence-corrected chi connectivity index (χ4v) is 4.86. The highest BCUT2D eigenvalue weighted by Crippen LogP contribution is 2.26. The van der Waals surface area contributed by atoms with Crippen molar-refractivity contribution in [2.24, 2.45) is 5.92 Å². The normalized spacial score (nSPS) is 17.3. The number of halogens is 2. The van der Waals surface area contributed by atoms with Gasteiger partial charge in [-0.3, -0.25) is 9.52 Å². The molecule has 2 N–H and O–H groups in total. The molecular weight excluding hydrogens is 445 g/mol. The van der Waals surface area contributed by atoms with E-state index in [1.54, 1.807) is 18.2 Å². The number of hydrogen-bond acceptors (Lipinski definition) is 4. The van der Waals surface area contributed by atoms with Crippen molar-refractivity contribution in [3.8, 4) is 0 Å². The Labute approximate surface area is 187 Å². The molecule has 0 aliphatic carbocycles. The van der Waals surface area contributed by atoms with Gasteiger partial charge in [-0.05, 0) is 69.1 Å².